The maximum absolute atomic E-state index is 11.3. The van der Waals surface area contributed by atoms with E-state index in [1.807, 2.05) is 38.1 Å². The molecule has 5 heteroatoms. The van der Waals surface area contributed by atoms with Crippen molar-refractivity contribution in [3.63, 3.8) is 0 Å². The van der Waals surface area contributed by atoms with Crippen LogP contribution in [-0.2, 0) is 13.0 Å². The average Bonchev–Trinajstić information content (AvgIpc) is 2.49. The second-order valence-corrected chi connectivity index (χ2v) is 6.47. The lowest BCUT2D eigenvalue weighted by Crippen LogP contribution is -2.16. The third-order valence-electron chi connectivity index (χ3n) is 3.94. The molecular formula is C19H25N3O2. The molecular weight excluding hydrogens is 302 g/mol. The first-order valence-electron chi connectivity index (χ1n) is 8.12. The van der Waals surface area contributed by atoms with Gasteiger partial charge in [0.15, 0.2) is 0 Å². The van der Waals surface area contributed by atoms with Gasteiger partial charge in [0, 0.05) is 17.8 Å². The van der Waals surface area contributed by atoms with Gasteiger partial charge >= 0.3 is 6.09 Å². The largest absolute Gasteiger partial charge is 0.465 e. The molecule has 1 amide bonds. The van der Waals surface area contributed by atoms with Crippen LogP contribution in [0.5, 0.6) is 0 Å². The number of benzene rings is 1. The minimum Gasteiger partial charge on any atom is -0.465 e. The molecule has 0 spiro atoms. The van der Waals surface area contributed by atoms with Crippen molar-refractivity contribution in [3.05, 3.63) is 46.8 Å². The molecule has 0 atom stereocenters. The molecule has 4 N–H and O–H groups in total. The number of rotatable bonds is 5. The Bertz CT molecular complexity index is 737. The summed E-state index contributed by atoms with van der Waals surface area (Å²) in [6.07, 6.45) is -0.299. The first-order valence-corrected chi connectivity index (χ1v) is 8.12. The van der Waals surface area contributed by atoms with E-state index in [0.29, 0.717) is 23.8 Å². The van der Waals surface area contributed by atoms with E-state index in [1.165, 1.54) is 0 Å². The van der Waals surface area contributed by atoms with Gasteiger partial charge in [-0.25, -0.2) is 4.79 Å². The third-order valence-corrected chi connectivity index (χ3v) is 3.94. The third kappa shape index (κ3) is 3.92. The van der Waals surface area contributed by atoms with Gasteiger partial charge in [0.05, 0.1) is 11.4 Å². The molecule has 2 rings (SSSR count). The van der Waals surface area contributed by atoms with Crippen LogP contribution in [0.15, 0.2) is 24.3 Å². The fourth-order valence-corrected chi connectivity index (χ4v) is 2.88. The Balaban J connectivity index is 2.75. The number of pyridine rings is 1. The summed E-state index contributed by atoms with van der Waals surface area (Å²) in [6.45, 7) is 8.42. The van der Waals surface area contributed by atoms with Crippen LogP contribution in [0, 0.1) is 19.8 Å². The maximum atomic E-state index is 11.3. The van der Waals surface area contributed by atoms with Crippen molar-refractivity contribution in [2.75, 3.05) is 5.32 Å². The number of carboxylic acid groups (broad SMARTS) is 1. The monoisotopic (exact) mass is 327 g/mol. The molecule has 1 aromatic heterocycles. The second-order valence-electron chi connectivity index (χ2n) is 6.47. The van der Waals surface area contributed by atoms with Gasteiger partial charge in [-0.1, -0.05) is 43.7 Å². The molecule has 0 radical (unpaired) electrons. The van der Waals surface area contributed by atoms with Gasteiger partial charge in [0.25, 0.3) is 0 Å². The Morgan fingerprint density at radius 2 is 1.88 bits per heavy atom. The van der Waals surface area contributed by atoms with Crippen molar-refractivity contribution in [2.45, 2.75) is 40.7 Å². The standard InChI is InChI=1S/C19H25N3O2/c1-11(2)9-16-15(10-20)17(14-7-5-12(3)6-8-14)18(13(4)21-16)22-19(23)24/h5-8,11,22H,9-10,20H2,1-4H3,(H,23,24). The molecule has 24 heavy (non-hydrogen) atoms. The summed E-state index contributed by atoms with van der Waals surface area (Å²) in [4.78, 5) is 15.9. The number of anilines is 1. The van der Waals surface area contributed by atoms with Crippen LogP contribution in [-0.4, -0.2) is 16.2 Å². The molecule has 1 aromatic carbocycles. The Hall–Kier alpha value is -2.40. The van der Waals surface area contributed by atoms with Gasteiger partial charge in [-0.3, -0.25) is 10.3 Å². The summed E-state index contributed by atoms with van der Waals surface area (Å²) in [6, 6.07) is 8.01. The lowest BCUT2D eigenvalue weighted by atomic mass is 9.92. The topological polar surface area (TPSA) is 88.2 Å². The molecule has 5 nitrogen and oxygen atoms in total. The van der Waals surface area contributed by atoms with Gasteiger partial charge in [0.1, 0.15) is 0 Å². The summed E-state index contributed by atoms with van der Waals surface area (Å²) in [5, 5.41) is 11.7. The van der Waals surface area contributed by atoms with Crippen LogP contribution in [0.1, 0.15) is 36.4 Å². The van der Waals surface area contributed by atoms with Crippen molar-refractivity contribution < 1.29 is 9.90 Å². The quantitative estimate of drug-likeness (QED) is 0.771. The molecule has 128 valence electrons. The second kappa shape index (κ2) is 7.45. The van der Waals surface area contributed by atoms with Crippen LogP contribution >= 0.6 is 0 Å². The number of nitrogens with one attached hydrogen (secondary N) is 1. The van der Waals surface area contributed by atoms with Gasteiger partial charge in [0.2, 0.25) is 0 Å². The van der Waals surface area contributed by atoms with E-state index < -0.39 is 6.09 Å². The number of carbonyl (C=O) groups is 1. The smallest absolute Gasteiger partial charge is 0.409 e. The van der Waals surface area contributed by atoms with E-state index in [9.17, 15) is 9.90 Å². The van der Waals surface area contributed by atoms with E-state index >= 15 is 0 Å². The van der Waals surface area contributed by atoms with Crippen LogP contribution in [0.2, 0.25) is 0 Å². The van der Waals surface area contributed by atoms with E-state index in [2.05, 4.69) is 24.1 Å². The minimum absolute atomic E-state index is 0.312. The molecule has 0 fully saturated rings. The maximum Gasteiger partial charge on any atom is 0.409 e. The highest BCUT2D eigenvalue weighted by Crippen LogP contribution is 2.36. The molecule has 1 heterocycles. The highest BCUT2D eigenvalue weighted by molar-refractivity contribution is 5.93. The van der Waals surface area contributed by atoms with E-state index in [1.54, 1.807) is 0 Å². The molecule has 0 saturated carbocycles. The highest BCUT2D eigenvalue weighted by Gasteiger charge is 2.20. The number of amides is 1. The zero-order chi connectivity index (χ0) is 17.9. The molecule has 0 aliphatic heterocycles. The number of nitrogens with zero attached hydrogens (tertiary/aromatic N) is 1. The molecule has 0 aliphatic carbocycles. The number of aryl methyl sites for hydroxylation is 2. The Kier molecular flexibility index (Phi) is 5.57. The predicted octanol–water partition coefficient (Wildman–Crippen LogP) is 4.11. The fourth-order valence-electron chi connectivity index (χ4n) is 2.88. The van der Waals surface area contributed by atoms with Crippen LogP contribution in [0.3, 0.4) is 0 Å². The highest BCUT2D eigenvalue weighted by atomic mass is 16.4. The number of nitrogens with two attached hydrogens (primary N) is 1. The van der Waals surface area contributed by atoms with Gasteiger partial charge < -0.3 is 10.8 Å². The SMILES string of the molecule is Cc1ccc(-c2c(CN)c(CC(C)C)nc(C)c2NC(=O)O)cc1. The summed E-state index contributed by atoms with van der Waals surface area (Å²) in [7, 11) is 0. The lowest BCUT2D eigenvalue weighted by molar-refractivity contribution is 0.209. The average molecular weight is 327 g/mol. The van der Waals surface area contributed by atoms with Crippen LogP contribution in [0.4, 0.5) is 10.5 Å². The predicted molar refractivity (Wildman–Crippen MR) is 97.2 cm³/mol. The first-order chi connectivity index (χ1) is 11.3. The van der Waals surface area contributed by atoms with Crippen molar-refractivity contribution in [3.8, 4) is 11.1 Å². The van der Waals surface area contributed by atoms with Crippen molar-refractivity contribution >= 4 is 11.8 Å². The molecule has 0 unspecified atom stereocenters. The minimum atomic E-state index is -1.10. The van der Waals surface area contributed by atoms with Gasteiger partial charge in [-0.2, -0.15) is 0 Å². The number of aromatic nitrogens is 1. The summed E-state index contributed by atoms with van der Waals surface area (Å²) < 4.78 is 0. The zero-order valence-electron chi connectivity index (χ0n) is 14.7. The van der Waals surface area contributed by atoms with Crippen molar-refractivity contribution in [1.29, 1.82) is 0 Å². The van der Waals surface area contributed by atoms with Gasteiger partial charge in [-0.15, -0.1) is 0 Å². The summed E-state index contributed by atoms with van der Waals surface area (Å²) >= 11 is 0. The number of hydrogen-bond acceptors (Lipinski definition) is 3. The lowest BCUT2D eigenvalue weighted by Gasteiger charge is -2.20. The van der Waals surface area contributed by atoms with Crippen LogP contribution < -0.4 is 11.1 Å². The Morgan fingerprint density at radius 1 is 1.25 bits per heavy atom. The van der Waals surface area contributed by atoms with E-state index in [4.69, 9.17) is 5.73 Å². The molecule has 0 saturated heterocycles. The van der Waals surface area contributed by atoms with E-state index in [0.717, 1.165) is 34.4 Å². The number of hydrogen-bond donors (Lipinski definition) is 3. The summed E-state index contributed by atoms with van der Waals surface area (Å²) in [5.41, 5.74) is 12.0. The molecule has 0 aliphatic rings. The van der Waals surface area contributed by atoms with Crippen LogP contribution in [0.25, 0.3) is 11.1 Å². The Morgan fingerprint density at radius 3 is 2.38 bits per heavy atom. The van der Waals surface area contributed by atoms with E-state index in [-0.39, 0.29) is 0 Å². The molecule has 2 aromatic rings. The van der Waals surface area contributed by atoms with Crippen molar-refractivity contribution in [1.82, 2.24) is 4.98 Å². The Labute approximate surface area is 142 Å². The zero-order valence-corrected chi connectivity index (χ0v) is 14.7. The normalized spacial score (nSPS) is 10.9. The molecule has 0 bridgehead atoms. The van der Waals surface area contributed by atoms with Crippen molar-refractivity contribution in [2.24, 2.45) is 11.7 Å². The summed E-state index contributed by atoms with van der Waals surface area (Å²) in [5.74, 6) is 0.436. The fraction of sp³-hybridized carbons (Fsp3) is 0.368. The van der Waals surface area contributed by atoms with Gasteiger partial charge in [-0.05, 0) is 37.3 Å². The first kappa shape index (κ1) is 17.9.